The van der Waals surface area contributed by atoms with Crippen molar-refractivity contribution in [2.24, 2.45) is 0 Å². The van der Waals surface area contributed by atoms with Crippen molar-refractivity contribution in [1.82, 2.24) is 24.1 Å². The van der Waals surface area contributed by atoms with E-state index in [-0.39, 0.29) is 23.3 Å². The Hall–Kier alpha value is -3.04. The summed E-state index contributed by atoms with van der Waals surface area (Å²) in [4.78, 5) is 22.0. The van der Waals surface area contributed by atoms with E-state index in [1.165, 1.54) is 0 Å². The van der Waals surface area contributed by atoms with E-state index < -0.39 is 5.60 Å². The van der Waals surface area contributed by atoms with Gasteiger partial charge in [0.15, 0.2) is 0 Å². The summed E-state index contributed by atoms with van der Waals surface area (Å²) >= 11 is 0. The normalized spacial score (nSPS) is 13.5. The minimum atomic E-state index is -1.29. The van der Waals surface area contributed by atoms with Crippen LogP contribution in [-0.4, -0.2) is 42.9 Å². The van der Waals surface area contributed by atoms with Crippen molar-refractivity contribution in [1.29, 1.82) is 0 Å². The molecular formula is C19H21N5O4. The first kappa shape index (κ1) is 18.3. The molecular weight excluding hydrogens is 362 g/mol. The van der Waals surface area contributed by atoms with Crippen LogP contribution < -0.4 is 5.56 Å². The van der Waals surface area contributed by atoms with Crippen molar-refractivity contribution in [2.45, 2.75) is 32.4 Å². The Morgan fingerprint density at radius 3 is 2.64 bits per heavy atom. The summed E-state index contributed by atoms with van der Waals surface area (Å²) in [6.45, 7) is 5.39. The van der Waals surface area contributed by atoms with Crippen LogP contribution in [0.3, 0.4) is 0 Å². The van der Waals surface area contributed by atoms with Crippen molar-refractivity contribution < 1.29 is 14.4 Å². The van der Waals surface area contributed by atoms with E-state index in [9.17, 15) is 9.90 Å². The van der Waals surface area contributed by atoms with Crippen LogP contribution in [0.4, 0.5) is 0 Å². The van der Waals surface area contributed by atoms with Crippen molar-refractivity contribution in [3.63, 3.8) is 0 Å². The molecule has 3 heterocycles. The predicted molar refractivity (Wildman–Crippen MR) is 102 cm³/mol. The zero-order valence-electron chi connectivity index (χ0n) is 16.1. The van der Waals surface area contributed by atoms with Crippen LogP contribution in [0.15, 0.2) is 39.9 Å². The number of fused-ring (bicyclic) bond motifs is 3. The van der Waals surface area contributed by atoms with Crippen molar-refractivity contribution in [3.8, 4) is 11.5 Å². The summed E-state index contributed by atoms with van der Waals surface area (Å²) in [5.41, 5.74) is 0.716. The molecule has 0 radical (unpaired) electrons. The van der Waals surface area contributed by atoms with E-state index in [1.54, 1.807) is 36.3 Å². The number of aliphatic hydroxyl groups is 1. The van der Waals surface area contributed by atoms with Gasteiger partial charge >= 0.3 is 0 Å². The number of methoxy groups -OCH3 is 1. The van der Waals surface area contributed by atoms with Crippen LogP contribution in [0.25, 0.3) is 28.1 Å². The van der Waals surface area contributed by atoms with E-state index in [0.717, 1.165) is 11.0 Å². The Morgan fingerprint density at radius 2 is 2.00 bits per heavy atom. The maximum Gasteiger partial charge on any atom is 0.278 e. The molecule has 28 heavy (non-hydrogen) atoms. The Balaban J connectivity index is 2.04. The first-order chi connectivity index (χ1) is 13.3. The van der Waals surface area contributed by atoms with Crippen LogP contribution in [0.1, 0.15) is 32.7 Å². The summed E-state index contributed by atoms with van der Waals surface area (Å²) in [6, 6.07) is 7.41. The predicted octanol–water partition coefficient (Wildman–Crippen LogP) is 2.13. The average Bonchev–Trinajstić information content (AvgIpc) is 3.29. The van der Waals surface area contributed by atoms with Gasteiger partial charge in [0.05, 0.1) is 23.7 Å². The highest BCUT2D eigenvalue weighted by molar-refractivity contribution is 5.83. The maximum absolute atomic E-state index is 13.4. The zero-order chi connectivity index (χ0) is 20.1. The Bertz CT molecular complexity index is 1210. The molecule has 0 aliphatic carbocycles. The molecule has 1 aromatic carbocycles. The van der Waals surface area contributed by atoms with Gasteiger partial charge in [-0.3, -0.25) is 13.8 Å². The second kappa shape index (κ2) is 6.54. The lowest BCUT2D eigenvalue weighted by molar-refractivity contribution is 0.0420. The third kappa shape index (κ3) is 2.79. The molecule has 1 atom stereocenters. The average molecular weight is 383 g/mol. The Morgan fingerprint density at radius 1 is 1.29 bits per heavy atom. The number of imidazole rings is 1. The molecule has 0 amide bonds. The molecule has 146 valence electrons. The van der Waals surface area contributed by atoms with E-state index in [2.05, 4.69) is 15.1 Å². The van der Waals surface area contributed by atoms with E-state index >= 15 is 0 Å². The van der Waals surface area contributed by atoms with Gasteiger partial charge in [-0.1, -0.05) is 17.3 Å². The third-order valence-corrected chi connectivity index (χ3v) is 4.60. The summed E-state index contributed by atoms with van der Waals surface area (Å²) in [6.07, 6.45) is 1.57. The highest BCUT2D eigenvalue weighted by Crippen LogP contribution is 2.26. The number of para-hydroxylation sites is 2. The fourth-order valence-electron chi connectivity index (χ4n) is 3.32. The Kier molecular flexibility index (Phi) is 4.28. The standard InChI is InChI=1S/C19H21N5O4/c1-11(9-27-4)24-13-8-6-5-7-12(13)23-10-20-14(15(23)17(24)25)16-21-18(28-22-16)19(2,3)26/h5-8,10-11,26H,9H2,1-4H3. The second-order valence-corrected chi connectivity index (χ2v) is 7.26. The minimum Gasteiger partial charge on any atom is -0.383 e. The smallest absolute Gasteiger partial charge is 0.278 e. The monoisotopic (exact) mass is 383 g/mol. The summed E-state index contributed by atoms with van der Waals surface area (Å²) in [5.74, 6) is 0.204. The number of ether oxygens (including phenoxy) is 1. The van der Waals surface area contributed by atoms with Crippen molar-refractivity contribution in [3.05, 3.63) is 46.8 Å². The number of hydrogen-bond acceptors (Lipinski definition) is 7. The lowest BCUT2D eigenvalue weighted by Crippen LogP contribution is -2.28. The van der Waals surface area contributed by atoms with E-state index in [0.29, 0.717) is 17.8 Å². The lowest BCUT2D eigenvalue weighted by atomic mass is 10.1. The van der Waals surface area contributed by atoms with Crippen LogP contribution in [-0.2, 0) is 10.3 Å². The van der Waals surface area contributed by atoms with E-state index in [1.807, 2.05) is 31.2 Å². The molecule has 3 aromatic heterocycles. The third-order valence-electron chi connectivity index (χ3n) is 4.60. The number of hydrogen-bond donors (Lipinski definition) is 1. The highest BCUT2D eigenvalue weighted by Gasteiger charge is 2.27. The molecule has 0 aliphatic heterocycles. The molecule has 0 saturated heterocycles. The second-order valence-electron chi connectivity index (χ2n) is 7.26. The largest absolute Gasteiger partial charge is 0.383 e. The van der Waals surface area contributed by atoms with Crippen molar-refractivity contribution in [2.75, 3.05) is 13.7 Å². The van der Waals surface area contributed by atoms with Gasteiger partial charge in [0, 0.05) is 7.11 Å². The molecule has 0 spiro atoms. The van der Waals surface area contributed by atoms with Crippen LogP contribution in [0, 0.1) is 0 Å². The molecule has 1 unspecified atom stereocenters. The summed E-state index contributed by atoms with van der Waals surface area (Å²) in [5, 5.41) is 14.0. The molecule has 0 aliphatic rings. The number of aromatic nitrogens is 5. The SMILES string of the molecule is COCC(C)n1c(=O)c2c(-c3noc(C(C)(C)O)n3)ncn2c2ccccc21. The molecule has 0 saturated carbocycles. The number of nitrogens with zero attached hydrogens (tertiary/aromatic N) is 5. The molecule has 4 aromatic rings. The summed E-state index contributed by atoms with van der Waals surface area (Å²) in [7, 11) is 1.60. The molecule has 0 bridgehead atoms. The first-order valence-corrected chi connectivity index (χ1v) is 8.89. The van der Waals surface area contributed by atoms with Gasteiger partial charge in [-0.25, -0.2) is 4.98 Å². The lowest BCUT2D eigenvalue weighted by Gasteiger charge is -2.18. The molecule has 1 N–H and O–H groups in total. The first-order valence-electron chi connectivity index (χ1n) is 8.89. The van der Waals surface area contributed by atoms with Gasteiger partial charge in [0.1, 0.15) is 23.1 Å². The molecule has 9 heteroatoms. The van der Waals surface area contributed by atoms with Crippen LogP contribution >= 0.6 is 0 Å². The molecule has 9 nitrogen and oxygen atoms in total. The maximum atomic E-state index is 13.4. The quantitative estimate of drug-likeness (QED) is 0.562. The Labute approximate surface area is 160 Å². The number of benzene rings is 1. The molecule has 4 rings (SSSR count). The highest BCUT2D eigenvalue weighted by atomic mass is 16.5. The van der Waals surface area contributed by atoms with Gasteiger partial charge < -0.3 is 14.4 Å². The number of rotatable bonds is 5. The summed E-state index contributed by atoms with van der Waals surface area (Å²) < 4.78 is 13.8. The van der Waals surface area contributed by atoms with Gasteiger partial charge in [0.2, 0.25) is 5.82 Å². The fraction of sp³-hybridized carbons (Fsp3) is 0.368. The van der Waals surface area contributed by atoms with Crippen LogP contribution in [0.5, 0.6) is 0 Å². The van der Waals surface area contributed by atoms with Gasteiger partial charge in [-0.05, 0) is 32.9 Å². The zero-order valence-corrected chi connectivity index (χ0v) is 16.1. The van der Waals surface area contributed by atoms with Crippen LogP contribution in [0.2, 0.25) is 0 Å². The fourth-order valence-corrected chi connectivity index (χ4v) is 3.32. The van der Waals surface area contributed by atoms with Crippen molar-refractivity contribution >= 4 is 16.6 Å². The molecule has 0 fully saturated rings. The van der Waals surface area contributed by atoms with E-state index in [4.69, 9.17) is 9.26 Å². The minimum absolute atomic E-state index is 0.0533. The van der Waals surface area contributed by atoms with Gasteiger partial charge in [-0.2, -0.15) is 4.98 Å². The van der Waals surface area contributed by atoms with Gasteiger partial charge in [-0.15, -0.1) is 0 Å². The topological polar surface area (TPSA) is 108 Å². The van der Waals surface area contributed by atoms with Gasteiger partial charge in [0.25, 0.3) is 11.4 Å².